The molecule has 1 aromatic heterocycles. The summed E-state index contributed by atoms with van der Waals surface area (Å²) in [7, 11) is 1.80. The molecule has 0 fully saturated rings. The summed E-state index contributed by atoms with van der Waals surface area (Å²) in [6, 6.07) is 3.66. The summed E-state index contributed by atoms with van der Waals surface area (Å²) >= 11 is 4.93. The molecule has 2 nitrogen and oxygen atoms in total. The van der Waals surface area contributed by atoms with Gasteiger partial charge in [0.05, 0.1) is 0 Å². The SMILES string of the molecule is CNc1ncccc1[S-].[Na+]. The summed E-state index contributed by atoms with van der Waals surface area (Å²) in [5, 5.41) is 2.88. The average Bonchev–Trinajstić information content (AvgIpc) is 1.89. The van der Waals surface area contributed by atoms with Crippen molar-refractivity contribution in [2.24, 2.45) is 0 Å². The monoisotopic (exact) mass is 162 g/mol. The van der Waals surface area contributed by atoms with Gasteiger partial charge in [0, 0.05) is 13.2 Å². The van der Waals surface area contributed by atoms with Gasteiger partial charge in [-0.3, -0.25) is 0 Å². The zero-order chi connectivity index (χ0) is 6.69. The van der Waals surface area contributed by atoms with Crippen LogP contribution in [0, 0.1) is 0 Å². The van der Waals surface area contributed by atoms with E-state index in [4.69, 9.17) is 12.6 Å². The van der Waals surface area contributed by atoms with Crippen LogP contribution in [0.2, 0.25) is 0 Å². The third-order valence-electron chi connectivity index (χ3n) is 1.01. The molecule has 0 unspecified atom stereocenters. The van der Waals surface area contributed by atoms with Gasteiger partial charge in [0.2, 0.25) is 0 Å². The van der Waals surface area contributed by atoms with E-state index in [0.29, 0.717) is 0 Å². The van der Waals surface area contributed by atoms with E-state index < -0.39 is 0 Å². The molecule has 0 radical (unpaired) electrons. The molecule has 10 heavy (non-hydrogen) atoms. The molecular weight excluding hydrogens is 155 g/mol. The Labute approximate surface area is 88.1 Å². The molecule has 0 atom stereocenters. The fourth-order valence-corrected chi connectivity index (χ4v) is 0.812. The van der Waals surface area contributed by atoms with Crippen molar-refractivity contribution in [1.29, 1.82) is 0 Å². The van der Waals surface area contributed by atoms with Crippen molar-refractivity contribution in [2.75, 3.05) is 12.4 Å². The first-order valence-electron chi connectivity index (χ1n) is 2.64. The summed E-state index contributed by atoms with van der Waals surface area (Å²) in [5.74, 6) is 0.771. The van der Waals surface area contributed by atoms with Gasteiger partial charge in [-0.15, -0.1) is 4.90 Å². The van der Waals surface area contributed by atoms with Crippen molar-refractivity contribution >= 4 is 18.4 Å². The van der Waals surface area contributed by atoms with E-state index in [9.17, 15) is 0 Å². The van der Waals surface area contributed by atoms with Crippen LogP contribution < -0.4 is 34.9 Å². The van der Waals surface area contributed by atoms with Gasteiger partial charge in [-0.05, 0) is 6.07 Å². The molecule has 0 aliphatic carbocycles. The molecule has 0 amide bonds. The van der Waals surface area contributed by atoms with Crippen molar-refractivity contribution in [2.45, 2.75) is 4.90 Å². The Morgan fingerprint density at radius 3 is 2.70 bits per heavy atom. The Bertz CT molecular complexity index is 205. The second-order valence-corrected chi connectivity index (χ2v) is 2.04. The summed E-state index contributed by atoms with van der Waals surface area (Å²) in [5.41, 5.74) is 0. The van der Waals surface area contributed by atoms with Crippen LogP contribution in [-0.4, -0.2) is 12.0 Å². The first-order valence-corrected chi connectivity index (χ1v) is 3.05. The molecule has 0 spiro atoms. The van der Waals surface area contributed by atoms with E-state index >= 15 is 0 Å². The third kappa shape index (κ3) is 2.42. The molecule has 0 aliphatic rings. The average molecular weight is 162 g/mol. The Kier molecular flexibility index (Phi) is 4.99. The number of rotatable bonds is 1. The third-order valence-corrected chi connectivity index (χ3v) is 1.34. The number of aromatic nitrogens is 1. The molecule has 0 aliphatic heterocycles. The topological polar surface area (TPSA) is 24.9 Å². The molecule has 1 heterocycles. The van der Waals surface area contributed by atoms with Crippen LogP contribution in [0.15, 0.2) is 23.2 Å². The van der Waals surface area contributed by atoms with Gasteiger partial charge in [0.1, 0.15) is 5.82 Å². The summed E-state index contributed by atoms with van der Waals surface area (Å²) in [6.07, 6.45) is 1.71. The second-order valence-electron chi connectivity index (χ2n) is 1.60. The maximum Gasteiger partial charge on any atom is 1.00 e. The first-order chi connectivity index (χ1) is 4.34. The van der Waals surface area contributed by atoms with Gasteiger partial charge in [-0.2, -0.15) is 0 Å². The first kappa shape index (κ1) is 10.2. The van der Waals surface area contributed by atoms with Crippen molar-refractivity contribution < 1.29 is 29.6 Å². The number of pyridine rings is 1. The van der Waals surface area contributed by atoms with E-state index in [1.165, 1.54) is 0 Å². The number of nitrogens with zero attached hydrogens (tertiary/aromatic N) is 1. The van der Waals surface area contributed by atoms with E-state index in [2.05, 4.69) is 10.3 Å². The van der Waals surface area contributed by atoms with Gasteiger partial charge < -0.3 is 17.9 Å². The van der Waals surface area contributed by atoms with Crippen LogP contribution in [0.5, 0.6) is 0 Å². The van der Waals surface area contributed by atoms with Crippen LogP contribution in [0.4, 0.5) is 5.82 Å². The van der Waals surface area contributed by atoms with Crippen LogP contribution >= 0.6 is 0 Å². The molecule has 4 heteroatoms. The standard InChI is InChI=1S/C6H8N2S.Na/c1-7-6-5(9)3-2-4-8-6;/h2-4,9H,1H3,(H,7,8);/q;+1/p-1. The van der Waals surface area contributed by atoms with Crippen LogP contribution in [0.25, 0.3) is 0 Å². The maximum atomic E-state index is 4.93. The fraction of sp³-hybridized carbons (Fsp3) is 0.167. The quantitative estimate of drug-likeness (QED) is 0.383. The Morgan fingerprint density at radius 1 is 1.60 bits per heavy atom. The minimum atomic E-state index is 0. The Hall–Kier alpha value is 0.170. The maximum absolute atomic E-state index is 4.93. The Morgan fingerprint density at radius 2 is 2.30 bits per heavy atom. The molecule has 1 aromatic rings. The van der Waals surface area contributed by atoms with Crippen molar-refractivity contribution in [3.8, 4) is 0 Å². The number of hydrogen-bond acceptors (Lipinski definition) is 3. The molecule has 48 valence electrons. The zero-order valence-electron chi connectivity index (χ0n) is 6.09. The molecule has 0 aromatic carbocycles. The van der Waals surface area contributed by atoms with Crippen LogP contribution in [0.1, 0.15) is 0 Å². The summed E-state index contributed by atoms with van der Waals surface area (Å²) in [4.78, 5) is 4.75. The Balaban J connectivity index is 0.000000810. The van der Waals surface area contributed by atoms with Crippen molar-refractivity contribution in [3.05, 3.63) is 18.3 Å². The van der Waals surface area contributed by atoms with Gasteiger partial charge in [-0.1, -0.05) is 6.07 Å². The fourth-order valence-electron chi connectivity index (χ4n) is 0.578. The largest absolute Gasteiger partial charge is 1.00 e. The molecular formula is C6H7N2NaS. The van der Waals surface area contributed by atoms with E-state index in [-0.39, 0.29) is 29.6 Å². The van der Waals surface area contributed by atoms with Gasteiger partial charge in [0.15, 0.2) is 0 Å². The van der Waals surface area contributed by atoms with Crippen molar-refractivity contribution in [1.82, 2.24) is 4.98 Å². The minimum Gasteiger partial charge on any atom is -0.776 e. The van der Waals surface area contributed by atoms with Crippen LogP contribution in [-0.2, 0) is 12.6 Å². The van der Waals surface area contributed by atoms with E-state index in [1.807, 2.05) is 12.1 Å². The molecule has 0 saturated carbocycles. The predicted octanol–water partition coefficient (Wildman–Crippen LogP) is -1.97. The number of anilines is 1. The van der Waals surface area contributed by atoms with Gasteiger partial charge in [-0.25, -0.2) is 4.98 Å². The summed E-state index contributed by atoms with van der Waals surface area (Å²) in [6.45, 7) is 0. The number of hydrogen-bond donors (Lipinski definition) is 1. The van der Waals surface area contributed by atoms with Gasteiger partial charge in [0.25, 0.3) is 0 Å². The second kappa shape index (κ2) is 4.91. The number of nitrogens with one attached hydrogen (secondary N) is 1. The molecule has 0 saturated heterocycles. The molecule has 1 N–H and O–H groups in total. The minimum absolute atomic E-state index is 0. The van der Waals surface area contributed by atoms with Crippen LogP contribution in [0.3, 0.4) is 0 Å². The summed E-state index contributed by atoms with van der Waals surface area (Å²) < 4.78 is 0. The smallest absolute Gasteiger partial charge is 0.776 e. The van der Waals surface area contributed by atoms with Crippen molar-refractivity contribution in [3.63, 3.8) is 0 Å². The normalized spacial score (nSPS) is 8.10. The molecule has 0 bridgehead atoms. The zero-order valence-corrected chi connectivity index (χ0v) is 8.90. The van der Waals surface area contributed by atoms with Gasteiger partial charge >= 0.3 is 29.6 Å². The molecule has 1 rings (SSSR count). The predicted molar refractivity (Wildman–Crippen MR) is 39.4 cm³/mol. The van der Waals surface area contributed by atoms with E-state index in [0.717, 1.165) is 10.7 Å². The van der Waals surface area contributed by atoms with E-state index in [1.54, 1.807) is 13.2 Å².